The highest BCUT2D eigenvalue weighted by molar-refractivity contribution is 5.78. The van der Waals surface area contributed by atoms with Crippen LogP contribution in [0.4, 0.5) is 4.79 Å². The number of hydrogen-bond donors (Lipinski definition) is 3. The summed E-state index contributed by atoms with van der Waals surface area (Å²) in [5.41, 5.74) is -0.761. The van der Waals surface area contributed by atoms with Crippen LogP contribution in [0.25, 0.3) is 0 Å². The first-order valence-electron chi connectivity index (χ1n) is 7.95. The number of rotatable bonds is 5. The molecule has 2 fully saturated rings. The molecule has 2 rings (SSSR count). The van der Waals surface area contributed by atoms with Crippen LogP contribution < -0.4 is 10.6 Å². The normalized spacial score (nSPS) is 25.5. The third kappa shape index (κ3) is 4.33. The topological polar surface area (TPSA) is 81.7 Å². The van der Waals surface area contributed by atoms with Crippen LogP contribution in [0.3, 0.4) is 0 Å². The molecule has 0 radical (unpaired) electrons. The van der Waals surface area contributed by atoms with Gasteiger partial charge in [-0.3, -0.25) is 4.79 Å². The predicted molar refractivity (Wildman–Crippen MR) is 80.2 cm³/mol. The van der Waals surface area contributed by atoms with Crippen molar-refractivity contribution in [2.75, 3.05) is 33.2 Å². The lowest BCUT2D eigenvalue weighted by Gasteiger charge is -2.33. The monoisotopic (exact) mass is 297 g/mol. The van der Waals surface area contributed by atoms with Crippen molar-refractivity contribution in [3.05, 3.63) is 0 Å². The third-order valence-corrected chi connectivity index (χ3v) is 4.89. The van der Waals surface area contributed by atoms with Gasteiger partial charge in [-0.25, -0.2) is 4.79 Å². The Hall–Kier alpha value is -1.30. The predicted octanol–water partition coefficient (Wildman–Crippen LogP) is 1.27. The number of amides is 2. The number of carbonyl (C=O) groups is 2. The molecule has 1 aliphatic heterocycles. The van der Waals surface area contributed by atoms with Crippen LogP contribution in [-0.2, 0) is 4.79 Å². The Morgan fingerprint density at radius 3 is 2.52 bits per heavy atom. The number of carbonyl (C=O) groups excluding carboxylic acids is 1. The molecule has 6 nitrogen and oxygen atoms in total. The van der Waals surface area contributed by atoms with E-state index in [0.717, 1.165) is 38.8 Å². The first kappa shape index (κ1) is 16.1. The SMILES string of the molecule is CN1CCC(CNC(=O)NCC2(C(=O)O)CCCCC2)C1. The average molecular weight is 297 g/mol. The summed E-state index contributed by atoms with van der Waals surface area (Å²) < 4.78 is 0. The fourth-order valence-corrected chi connectivity index (χ4v) is 3.44. The molecule has 1 saturated heterocycles. The number of nitrogens with one attached hydrogen (secondary N) is 2. The van der Waals surface area contributed by atoms with E-state index in [1.807, 2.05) is 0 Å². The van der Waals surface area contributed by atoms with E-state index in [-0.39, 0.29) is 12.6 Å². The molecule has 0 aromatic carbocycles. The molecule has 0 bridgehead atoms. The van der Waals surface area contributed by atoms with Gasteiger partial charge in [-0.15, -0.1) is 0 Å². The molecule has 2 aliphatic rings. The maximum atomic E-state index is 11.9. The van der Waals surface area contributed by atoms with Crippen molar-refractivity contribution in [1.82, 2.24) is 15.5 Å². The van der Waals surface area contributed by atoms with Crippen molar-refractivity contribution in [2.24, 2.45) is 11.3 Å². The smallest absolute Gasteiger partial charge is 0.314 e. The van der Waals surface area contributed by atoms with Gasteiger partial charge in [0.05, 0.1) is 5.41 Å². The van der Waals surface area contributed by atoms with Gasteiger partial charge in [-0.1, -0.05) is 19.3 Å². The van der Waals surface area contributed by atoms with Crippen molar-refractivity contribution >= 4 is 12.0 Å². The van der Waals surface area contributed by atoms with Crippen LogP contribution >= 0.6 is 0 Å². The summed E-state index contributed by atoms with van der Waals surface area (Å²) in [4.78, 5) is 25.6. The van der Waals surface area contributed by atoms with Crippen LogP contribution in [0.5, 0.6) is 0 Å². The van der Waals surface area contributed by atoms with Gasteiger partial charge < -0.3 is 20.6 Å². The first-order chi connectivity index (χ1) is 10.0. The molecule has 0 aromatic rings. The lowest BCUT2D eigenvalue weighted by atomic mass is 9.74. The van der Waals surface area contributed by atoms with Gasteiger partial charge in [-0.2, -0.15) is 0 Å². The van der Waals surface area contributed by atoms with E-state index in [1.54, 1.807) is 0 Å². The molecular formula is C15H27N3O3. The van der Waals surface area contributed by atoms with Crippen LogP contribution in [0.15, 0.2) is 0 Å². The Labute approximate surface area is 126 Å². The van der Waals surface area contributed by atoms with Gasteiger partial charge in [0.15, 0.2) is 0 Å². The second-order valence-corrected chi connectivity index (χ2v) is 6.63. The number of hydrogen-bond acceptors (Lipinski definition) is 3. The van der Waals surface area contributed by atoms with Crippen molar-refractivity contribution in [2.45, 2.75) is 38.5 Å². The number of likely N-dealkylation sites (tertiary alicyclic amines) is 1. The standard InChI is InChI=1S/C15H27N3O3/c1-18-8-5-12(10-18)9-16-14(21)17-11-15(13(19)20)6-3-2-4-7-15/h12H,2-11H2,1H3,(H,19,20)(H2,16,17,21). The first-order valence-corrected chi connectivity index (χ1v) is 7.95. The molecule has 21 heavy (non-hydrogen) atoms. The zero-order valence-corrected chi connectivity index (χ0v) is 12.9. The Bertz CT molecular complexity index is 380. The summed E-state index contributed by atoms with van der Waals surface area (Å²) in [5.74, 6) is -0.274. The Balaban J connectivity index is 1.73. The summed E-state index contributed by atoms with van der Waals surface area (Å²) in [6.45, 7) is 2.99. The third-order valence-electron chi connectivity index (χ3n) is 4.89. The van der Waals surface area contributed by atoms with Crippen LogP contribution in [0.1, 0.15) is 38.5 Å². The molecule has 2 amide bonds. The highest BCUT2D eigenvalue weighted by Gasteiger charge is 2.39. The summed E-state index contributed by atoms with van der Waals surface area (Å²) in [6.07, 6.45) is 5.40. The molecule has 1 aliphatic carbocycles. The highest BCUT2D eigenvalue weighted by Crippen LogP contribution is 2.35. The van der Waals surface area contributed by atoms with E-state index in [0.29, 0.717) is 25.3 Å². The molecule has 120 valence electrons. The number of nitrogens with zero attached hydrogens (tertiary/aromatic N) is 1. The zero-order valence-electron chi connectivity index (χ0n) is 12.9. The highest BCUT2D eigenvalue weighted by atomic mass is 16.4. The van der Waals surface area contributed by atoms with E-state index in [2.05, 4.69) is 22.6 Å². The minimum absolute atomic E-state index is 0.235. The van der Waals surface area contributed by atoms with E-state index >= 15 is 0 Å². The molecule has 3 N–H and O–H groups in total. The number of carboxylic acid groups (broad SMARTS) is 1. The number of urea groups is 1. The number of carboxylic acids is 1. The molecular weight excluding hydrogens is 270 g/mol. The molecule has 0 aromatic heterocycles. The van der Waals surface area contributed by atoms with E-state index in [4.69, 9.17) is 0 Å². The molecule has 1 unspecified atom stereocenters. The average Bonchev–Trinajstić information content (AvgIpc) is 2.89. The van der Waals surface area contributed by atoms with Crippen LogP contribution in [0.2, 0.25) is 0 Å². The minimum Gasteiger partial charge on any atom is -0.481 e. The summed E-state index contributed by atoms with van der Waals surface area (Å²) in [5, 5.41) is 15.1. The quantitative estimate of drug-likeness (QED) is 0.714. The van der Waals surface area contributed by atoms with Crippen molar-refractivity contribution < 1.29 is 14.7 Å². The lowest BCUT2D eigenvalue weighted by molar-refractivity contribution is -0.150. The maximum absolute atomic E-state index is 11.9. The van der Waals surface area contributed by atoms with Gasteiger partial charge in [0.1, 0.15) is 0 Å². The molecule has 1 atom stereocenters. The Morgan fingerprint density at radius 2 is 1.95 bits per heavy atom. The van der Waals surface area contributed by atoms with Gasteiger partial charge in [-0.05, 0) is 38.8 Å². The second kappa shape index (κ2) is 7.11. The van der Waals surface area contributed by atoms with Gasteiger partial charge in [0.2, 0.25) is 0 Å². The largest absolute Gasteiger partial charge is 0.481 e. The fraction of sp³-hybridized carbons (Fsp3) is 0.867. The summed E-state index contributed by atoms with van der Waals surface area (Å²) in [6, 6.07) is -0.240. The van der Waals surface area contributed by atoms with Crippen LogP contribution in [0, 0.1) is 11.3 Å². The summed E-state index contributed by atoms with van der Waals surface area (Å²) in [7, 11) is 2.08. The maximum Gasteiger partial charge on any atom is 0.314 e. The number of aliphatic carboxylic acids is 1. The van der Waals surface area contributed by atoms with Crippen molar-refractivity contribution in [3.8, 4) is 0 Å². The van der Waals surface area contributed by atoms with E-state index in [9.17, 15) is 14.7 Å². The molecule has 1 saturated carbocycles. The minimum atomic E-state index is -0.778. The van der Waals surface area contributed by atoms with Gasteiger partial charge in [0, 0.05) is 19.6 Å². The zero-order chi connectivity index (χ0) is 15.3. The van der Waals surface area contributed by atoms with Crippen molar-refractivity contribution in [1.29, 1.82) is 0 Å². The van der Waals surface area contributed by atoms with Crippen LogP contribution in [-0.4, -0.2) is 55.2 Å². The summed E-state index contributed by atoms with van der Waals surface area (Å²) >= 11 is 0. The van der Waals surface area contributed by atoms with Gasteiger partial charge in [0.25, 0.3) is 0 Å². The molecule has 0 spiro atoms. The van der Waals surface area contributed by atoms with Gasteiger partial charge >= 0.3 is 12.0 Å². The van der Waals surface area contributed by atoms with Crippen molar-refractivity contribution in [3.63, 3.8) is 0 Å². The molecule has 1 heterocycles. The Kier molecular flexibility index (Phi) is 5.45. The Morgan fingerprint density at radius 1 is 1.24 bits per heavy atom. The molecule has 6 heteroatoms. The fourth-order valence-electron chi connectivity index (χ4n) is 3.44. The second-order valence-electron chi connectivity index (χ2n) is 6.63. The van der Waals surface area contributed by atoms with E-state index in [1.165, 1.54) is 0 Å². The lowest BCUT2D eigenvalue weighted by Crippen LogP contribution is -2.47. The van der Waals surface area contributed by atoms with E-state index < -0.39 is 11.4 Å².